The van der Waals surface area contributed by atoms with E-state index >= 15 is 0 Å². The van der Waals surface area contributed by atoms with E-state index in [1.54, 1.807) is 0 Å². The molecular weight excluding hydrogens is 168 g/mol. The van der Waals surface area contributed by atoms with Gasteiger partial charge in [0.15, 0.2) is 0 Å². The molecular formula is C14H24. The highest BCUT2D eigenvalue weighted by molar-refractivity contribution is 4.94. The molecule has 0 saturated heterocycles. The van der Waals surface area contributed by atoms with E-state index in [-0.39, 0.29) is 0 Å². The Hall–Kier alpha value is -0.260. The molecule has 3 atom stereocenters. The van der Waals surface area contributed by atoms with Crippen LogP contribution in [0, 0.1) is 23.7 Å². The molecule has 0 nitrogen and oxygen atoms in total. The maximum Gasteiger partial charge on any atom is -0.0234 e. The first-order valence-corrected chi connectivity index (χ1v) is 6.44. The summed E-state index contributed by atoms with van der Waals surface area (Å²) in [6.45, 7) is 4.76. The maximum absolute atomic E-state index is 2.45. The number of rotatable bonds is 6. The van der Waals surface area contributed by atoms with Crippen molar-refractivity contribution in [2.75, 3.05) is 0 Å². The van der Waals surface area contributed by atoms with Crippen LogP contribution in [0.25, 0.3) is 0 Å². The summed E-state index contributed by atoms with van der Waals surface area (Å²) in [6.07, 6.45) is 13.6. The highest BCUT2D eigenvalue weighted by Crippen LogP contribution is 2.41. The lowest BCUT2D eigenvalue weighted by Gasteiger charge is -2.01. The molecule has 2 saturated carbocycles. The topological polar surface area (TPSA) is 0 Å². The second kappa shape index (κ2) is 4.51. The monoisotopic (exact) mass is 192 g/mol. The van der Waals surface area contributed by atoms with Crippen molar-refractivity contribution in [1.29, 1.82) is 0 Å². The third-order valence-electron chi connectivity index (χ3n) is 4.03. The molecule has 0 spiro atoms. The van der Waals surface area contributed by atoms with Crippen LogP contribution in [-0.2, 0) is 0 Å². The summed E-state index contributed by atoms with van der Waals surface area (Å²) in [5.74, 6) is 4.03. The van der Waals surface area contributed by atoms with Crippen LogP contribution in [0.1, 0.15) is 52.4 Å². The van der Waals surface area contributed by atoms with Gasteiger partial charge in [-0.3, -0.25) is 0 Å². The van der Waals surface area contributed by atoms with Crippen LogP contribution in [-0.4, -0.2) is 0 Å². The van der Waals surface area contributed by atoms with Gasteiger partial charge in [-0.15, -0.1) is 0 Å². The maximum atomic E-state index is 2.45. The molecule has 0 radical (unpaired) electrons. The predicted molar refractivity (Wildman–Crippen MR) is 62.2 cm³/mol. The predicted octanol–water partition coefficient (Wildman–Crippen LogP) is 4.42. The van der Waals surface area contributed by atoms with Gasteiger partial charge in [0.05, 0.1) is 0 Å². The Morgan fingerprint density at radius 1 is 1.36 bits per heavy atom. The van der Waals surface area contributed by atoms with Gasteiger partial charge in [-0.1, -0.05) is 26.0 Å². The Labute approximate surface area is 88.8 Å². The van der Waals surface area contributed by atoms with Crippen molar-refractivity contribution in [1.82, 2.24) is 0 Å². The fourth-order valence-electron chi connectivity index (χ4n) is 2.39. The first-order valence-electron chi connectivity index (χ1n) is 6.44. The number of hydrogen-bond donors (Lipinski definition) is 0. The van der Waals surface area contributed by atoms with Gasteiger partial charge in [0.1, 0.15) is 0 Å². The Morgan fingerprint density at radius 3 is 2.64 bits per heavy atom. The highest BCUT2D eigenvalue weighted by Gasteiger charge is 2.31. The average Bonchev–Trinajstić information content (AvgIpc) is 3.00. The Morgan fingerprint density at radius 2 is 2.07 bits per heavy atom. The Balaban J connectivity index is 1.49. The van der Waals surface area contributed by atoms with Crippen LogP contribution < -0.4 is 0 Å². The smallest absolute Gasteiger partial charge is 0.0234 e. The van der Waals surface area contributed by atoms with E-state index in [0.29, 0.717) is 0 Å². The Bertz CT molecular complexity index is 200. The van der Waals surface area contributed by atoms with E-state index in [2.05, 4.69) is 26.0 Å². The summed E-state index contributed by atoms with van der Waals surface area (Å²) < 4.78 is 0. The van der Waals surface area contributed by atoms with E-state index in [0.717, 1.165) is 23.7 Å². The fourth-order valence-corrected chi connectivity index (χ4v) is 2.39. The lowest BCUT2D eigenvalue weighted by molar-refractivity contribution is 0.614. The SMILES string of the molecule is CC(C=CCCCC1CC1C)C1CC1. The van der Waals surface area contributed by atoms with E-state index in [4.69, 9.17) is 0 Å². The first-order chi connectivity index (χ1) is 6.77. The fraction of sp³-hybridized carbons (Fsp3) is 0.857. The molecule has 0 heteroatoms. The summed E-state index contributed by atoms with van der Waals surface area (Å²) in [5.41, 5.74) is 0. The quantitative estimate of drug-likeness (QED) is 0.432. The minimum atomic E-state index is 0.856. The second-order valence-electron chi connectivity index (χ2n) is 5.53. The lowest BCUT2D eigenvalue weighted by atomic mass is 10.0. The second-order valence-corrected chi connectivity index (χ2v) is 5.53. The standard InChI is InChI=1S/C14H24/c1-11(13-8-9-13)6-4-3-5-7-14-10-12(14)2/h4,6,11-14H,3,5,7-10H2,1-2H3. The molecule has 2 fully saturated rings. The normalized spacial score (nSPS) is 33.6. The van der Waals surface area contributed by atoms with Crippen LogP contribution in [0.2, 0.25) is 0 Å². The van der Waals surface area contributed by atoms with Crippen LogP contribution in [0.4, 0.5) is 0 Å². The number of allylic oxidation sites excluding steroid dienone is 2. The van der Waals surface area contributed by atoms with Gasteiger partial charge in [-0.2, -0.15) is 0 Å². The average molecular weight is 192 g/mol. The van der Waals surface area contributed by atoms with Crippen LogP contribution in [0.3, 0.4) is 0 Å². The molecule has 0 heterocycles. The molecule has 0 aromatic rings. The zero-order chi connectivity index (χ0) is 9.97. The first kappa shape index (κ1) is 10.3. The van der Waals surface area contributed by atoms with Gasteiger partial charge in [0.25, 0.3) is 0 Å². The van der Waals surface area contributed by atoms with Crippen molar-refractivity contribution in [3.63, 3.8) is 0 Å². The summed E-state index contributed by atoms with van der Waals surface area (Å²) in [4.78, 5) is 0. The van der Waals surface area contributed by atoms with Crippen molar-refractivity contribution in [2.45, 2.75) is 52.4 Å². The van der Waals surface area contributed by atoms with Gasteiger partial charge in [-0.05, 0) is 62.2 Å². The van der Waals surface area contributed by atoms with Gasteiger partial charge in [0.2, 0.25) is 0 Å². The minimum Gasteiger partial charge on any atom is -0.0883 e. The molecule has 0 N–H and O–H groups in total. The molecule has 0 aromatic carbocycles. The van der Waals surface area contributed by atoms with E-state index < -0.39 is 0 Å². The van der Waals surface area contributed by atoms with Crippen molar-refractivity contribution in [2.24, 2.45) is 23.7 Å². The molecule has 0 aromatic heterocycles. The van der Waals surface area contributed by atoms with Crippen LogP contribution >= 0.6 is 0 Å². The van der Waals surface area contributed by atoms with Crippen LogP contribution in [0.5, 0.6) is 0 Å². The van der Waals surface area contributed by atoms with Crippen molar-refractivity contribution >= 4 is 0 Å². The van der Waals surface area contributed by atoms with Crippen molar-refractivity contribution < 1.29 is 0 Å². The van der Waals surface area contributed by atoms with Gasteiger partial charge in [0, 0.05) is 0 Å². The third-order valence-corrected chi connectivity index (χ3v) is 4.03. The zero-order valence-electron chi connectivity index (χ0n) is 9.71. The molecule has 2 aliphatic rings. The molecule has 2 rings (SSSR count). The zero-order valence-corrected chi connectivity index (χ0v) is 9.71. The molecule has 80 valence electrons. The van der Waals surface area contributed by atoms with E-state index in [1.165, 1.54) is 38.5 Å². The summed E-state index contributed by atoms with van der Waals surface area (Å²) >= 11 is 0. The van der Waals surface area contributed by atoms with Crippen molar-refractivity contribution in [3.05, 3.63) is 12.2 Å². The third kappa shape index (κ3) is 3.15. The van der Waals surface area contributed by atoms with E-state index in [9.17, 15) is 0 Å². The molecule has 0 bridgehead atoms. The summed E-state index contributed by atoms with van der Waals surface area (Å²) in [6, 6.07) is 0. The van der Waals surface area contributed by atoms with Crippen molar-refractivity contribution in [3.8, 4) is 0 Å². The van der Waals surface area contributed by atoms with E-state index in [1.807, 2.05) is 0 Å². The molecule has 2 aliphatic carbocycles. The number of unbranched alkanes of at least 4 members (excludes halogenated alkanes) is 1. The summed E-state index contributed by atoms with van der Waals surface area (Å²) in [7, 11) is 0. The molecule has 0 aliphatic heterocycles. The minimum absolute atomic E-state index is 0.856. The molecule has 14 heavy (non-hydrogen) atoms. The largest absolute Gasteiger partial charge is 0.0883 e. The lowest BCUT2D eigenvalue weighted by Crippen LogP contribution is -1.90. The van der Waals surface area contributed by atoms with Gasteiger partial charge >= 0.3 is 0 Å². The van der Waals surface area contributed by atoms with Crippen LogP contribution in [0.15, 0.2) is 12.2 Å². The highest BCUT2D eigenvalue weighted by atomic mass is 14.4. The molecule has 0 amide bonds. The van der Waals surface area contributed by atoms with Gasteiger partial charge in [-0.25, -0.2) is 0 Å². The van der Waals surface area contributed by atoms with Gasteiger partial charge < -0.3 is 0 Å². The molecule has 3 unspecified atom stereocenters. The summed E-state index contributed by atoms with van der Waals surface area (Å²) in [5, 5.41) is 0. The Kier molecular flexibility index (Phi) is 3.30. The number of hydrogen-bond acceptors (Lipinski definition) is 0.